The number of carbonyl (C=O) groups is 1. The maximum Gasteiger partial charge on any atom is 0.261 e. The molecule has 0 aliphatic carbocycles. The lowest BCUT2D eigenvalue weighted by Crippen LogP contribution is -2.13. The highest BCUT2D eigenvalue weighted by atomic mass is 32.1. The topological polar surface area (TPSA) is 51.2 Å². The van der Waals surface area contributed by atoms with Crippen molar-refractivity contribution >= 4 is 22.4 Å². The van der Waals surface area contributed by atoms with E-state index in [9.17, 15) is 4.79 Å². The summed E-state index contributed by atoms with van der Waals surface area (Å²) in [5.41, 5.74) is 4.00. The van der Waals surface area contributed by atoms with E-state index < -0.39 is 0 Å². The van der Waals surface area contributed by atoms with Gasteiger partial charge in [-0.05, 0) is 30.2 Å². The fourth-order valence-electron chi connectivity index (χ4n) is 3.03. The van der Waals surface area contributed by atoms with Crippen LogP contribution in [0.5, 0.6) is 5.75 Å². The number of amides is 1. The summed E-state index contributed by atoms with van der Waals surface area (Å²) < 4.78 is 5.90. The van der Waals surface area contributed by atoms with Crippen molar-refractivity contribution in [3.63, 3.8) is 0 Å². The molecule has 4 rings (SSSR count). The third kappa shape index (κ3) is 5.13. The molecule has 0 saturated carbocycles. The van der Waals surface area contributed by atoms with Crippen molar-refractivity contribution in [3.8, 4) is 5.75 Å². The smallest absolute Gasteiger partial charge is 0.261 e. The van der Waals surface area contributed by atoms with Crippen LogP contribution < -0.4 is 10.1 Å². The zero-order valence-corrected chi connectivity index (χ0v) is 17.5. The normalized spacial score (nSPS) is 10.6. The van der Waals surface area contributed by atoms with Gasteiger partial charge in [-0.15, -0.1) is 11.3 Å². The Morgan fingerprint density at radius 2 is 1.67 bits per heavy atom. The van der Waals surface area contributed by atoms with Crippen molar-refractivity contribution in [2.45, 2.75) is 20.0 Å². The monoisotopic (exact) mass is 414 g/mol. The molecular formula is C25H22N2O2S. The Morgan fingerprint density at radius 1 is 0.933 bits per heavy atom. The van der Waals surface area contributed by atoms with Crippen LogP contribution in [0.15, 0.2) is 85.1 Å². The van der Waals surface area contributed by atoms with E-state index in [0.29, 0.717) is 23.1 Å². The molecule has 0 aliphatic heterocycles. The third-order valence-electron chi connectivity index (χ3n) is 4.64. The third-order valence-corrected chi connectivity index (χ3v) is 5.55. The highest BCUT2D eigenvalue weighted by Crippen LogP contribution is 2.24. The first-order valence-electron chi connectivity index (χ1n) is 9.75. The van der Waals surface area contributed by atoms with Gasteiger partial charge in [-0.25, -0.2) is 4.98 Å². The van der Waals surface area contributed by atoms with Gasteiger partial charge in [0.05, 0.1) is 5.56 Å². The van der Waals surface area contributed by atoms with Crippen molar-refractivity contribution in [1.82, 2.24) is 4.98 Å². The van der Waals surface area contributed by atoms with Gasteiger partial charge in [-0.3, -0.25) is 10.1 Å². The Kier molecular flexibility index (Phi) is 6.20. The minimum Gasteiger partial charge on any atom is -0.488 e. The number of ether oxygens (including phenoxy) is 1. The van der Waals surface area contributed by atoms with Crippen molar-refractivity contribution < 1.29 is 9.53 Å². The number of para-hydroxylation sites is 1. The van der Waals surface area contributed by atoms with Gasteiger partial charge in [-0.1, -0.05) is 72.3 Å². The summed E-state index contributed by atoms with van der Waals surface area (Å²) in [4.78, 5) is 18.3. The number of aryl methyl sites for hydroxylation is 1. The molecule has 1 N–H and O–H groups in total. The van der Waals surface area contributed by atoms with Crippen molar-refractivity contribution in [1.29, 1.82) is 0 Å². The molecule has 3 aromatic carbocycles. The number of hydrogen-bond acceptors (Lipinski definition) is 4. The average molecular weight is 415 g/mol. The van der Waals surface area contributed by atoms with Crippen molar-refractivity contribution in [2.75, 3.05) is 5.32 Å². The fraction of sp³-hybridized carbons (Fsp3) is 0.120. The summed E-state index contributed by atoms with van der Waals surface area (Å²) in [5.74, 6) is 0.324. The molecule has 0 radical (unpaired) electrons. The highest BCUT2D eigenvalue weighted by molar-refractivity contribution is 7.15. The van der Waals surface area contributed by atoms with E-state index in [1.54, 1.807) is 6.07 Å². The molecule has 0 unspecified atom stereocenters. The minimum atomic E-state index is -0.227. The highest BCUT2D eigenvalue weighted by Gasteiger charge is 2.14. The summed E-state index contributed by atoms with van der Waals surface area (Å²) in [6, 6.07) is 25.6. The van der Waals surface area contributed by atoms with Gasteiger partial charge in [-0.2, -0.15) is 0 Å². The van der Waals surface area contributed by atoms with E-state index in [1.165, 1.54) is 22.5 Å². The van der Waals surface area contributed by atoms with E-state index in [1.807, 2.05) is 54.7 Å². The lowest BCUT2D eigenvalue weighted by atomic mass is 10.1. The van der Waals surface area contributed by atoms with Crippen LogP contribution in [0.3, 0.4) is 0 Å². The molecule has 0 spiro atoms. The summed E-state index contributed by atoms with van der Waals surface area (Å²) >= 11 is 1.49. The van der Waals surface area contributed by atoms with Crippen LogP contribution in [-0.4, -0.2) is 10.9 Å². The van der Waals surface area contributed by atoms with Crippen LogP contribution in [0.4, 0.5) is 5.13 Å². The molecule has 0 aliphatic rings. The maximum absolute atomic E-state index is 12.8. The second-order valence-electron chi connectivity index (χ2n) is 7.02. The Labute approximate surface area is 180 Å². The van der Waals surface area contributed by atoms with Crippen LogP contribution in [0, 0.1) is 6.92 Å². The molecule has 0 atom stereocenters. The Morgan fingerprint density at radius 3 is 2.47 bits per heavy atom. The molecule has 4 aromatic rings. The number of nitrogens with one attached hydrogen (secondary N) is 1. The number of anilines is 1. The number of carbonyl (C=O) groups excluding carboxylic acids is 1. The maximum atomic E-state index is 12.8. The van der Waals surface area contributed by atoms with Gasteiger partial charge in [0.1, 0.15) is 12.4 Å². The first kappa shape index (κ1) is 19.9. The van der Waals surface area contributed by atoms with Crippen molar-refractivity contribution in [2.24, 2.45) is 0 Å². The van der Waals surface area contributed by atoms with Gasteiger partial charge < -0.3 is 4.74 Å². The molecule has 1 aromatic heterocycles. The van der Waals surface area contributed by atoms with Gasteiger partial charge in [0.2, 0.25) is 0 Å². The molecule has 0 bridgehead atoms. The van der Waals surface area contributed by atoms with Crippen LogP contribution >= 0.6 is 11.3 Å². The van der Waals surface area contributed by atoms with E-state index in [-0.39, 0.29) is 5.91 Å². The lowest BCUT2D eigenvalue weighted by molar-refractivity contribution is 0.102. The first-order valence-corrected chi connectivity index (χ1v) is 10.6. The molecule has 1 heterocycles. The molecule has 30 heavy (non-hydrogen) atoms. The molecular weight excluding hydrogens is 392 g/mol. The number of thiazole rings is 1. The van der Waals surface area contributed by atoms with Gasteiger partial charge in [0.25, 0.3) is 5.91 Å². The van der Waals surface area contributed by atoms with Gasteiger partial charge in [0, 0.05) is 17.5 Å². The first-order chi connectivity index (χ1) is 14.7. The number of aromatic nitrogens is 1. The summed E-state index contributed by atoms with van der Waals surface area (Å²) in [5, 5.41) is 3.48. The summed E-state index contributed by atoms with van der Waals surface area (Å²) in [6.07, 6.45) is 2.61. The zero-order valence-electron chi connectivity index (χ0n) is 16.7. The van der Waals surface area contributed by atoms with Crippen molar-refractivity contribution in [3.05, 3.63) is 112 Å². The summed E-state index contributed by atoms with van der Waals surface area (Å²) in [7, 11) is 0. The molecule has 1 amide bonds. The quantitative estimate of drug-likeness (QED) is 0.411. The predicted molar refractivity (Wildman–Crippen MR) is 121 cm³/mol. The fourth-order valence-corrected chi connectivity index (χ4v) is 3.88. The molecule has 0 fully saturated rings. The summed E-state index contributed by atoms with van der Waals surface area (Å²) in [6.45, 7) is 2.48. The number of hydrogen-bond donors (Lipinski definition) is 1. The standard InChI is InChI=1S/C25H22N2O2S/c1-18-11-13-19(14-12-18)15-21-16-26-25(30-21)27-24(28)22-9-5-6-10-23(22)29-17-20-7-3-2-4-8-20/h2-14,16H,15,17H2,1H3,(H,26,27,28). The number of benzene rings is 3. The molecule has 4 nitrogen and oxygen atoms in total. The van der Waals surface area contributed by atoms with E-state index >= 15 is 0 Å². The predicted octanol–water partition coefficient (Wildman–Crippen LogP) is 5.87. The second kappa shape index (κ2) is 9.37. The number of nitrogens with zero attached hydrogens (tertiary/aromatic N) is 1. The Bertz CT molecular complexity index is 1120. The SMILES string of the molecule is Cc1ccc(Cc2cnc(NC(=O)c3ccccc3OCc3ccccc3)s2)cc1. The van der Waals surface area contributed by atoms with Gasteiger partial charge >= 0.3 is 0 Å². The molecule has 0 saturated heterocycles. The van der Waals surface area contributed by atoms with Gasteiger partial charge in [0.15, 0.2) is 5.13 Å². The van der Waals surface area contributed by atoms with E-state index in [4.69, 9.17) is 4.74 Å². The minimum absolute atomic E-state index is 0.227. The average Bonchev–Trinajstić information content (AvgIpc) is 3.21. The van der Waals surface area contributed by atoms with E-state index in [0.717, 1.165) is 16.9 Å². The van der Waals surface area contributed by atoms with Crippen LogP contribution in [0.2, 0.25) is 0 Å². The number of rotatable bonds is 7. The van der Waals surface area contributed by atoms with E-state index in [2.05, 4.69) is 41.5 Å². The largest absolute Gasteiger partial charge is 0.488 e. The zero-order chi connectivity index (χ0) is 20.8. The lowest BCUT2D eigenvalue weighted by Gasteiger charge is -2.11. The van der Waals surface area contributed by atoms with Crippen LogP contribution in [0.1, 0.15) is 31.9 Å². The Hall–Kier alpha value is -3.44. The van der Waals surface area contributed by atoms with Crippen LogP contribution in [0.25, 0.3) is 0 Å². The second-order valence-corrected chi connectivity index (χ2v) is 8.13. The molecule has 150 valence electrons. The van der Waals surface area contributed by atoms with Crippen LogP contribution in [-0.2, 0) is 13.0 Å². The molecule has 5 heteroatoms. The Balaban J connectivity index is 1.41.